The molecule has 0 aromatic heterocycles. The number of rotatable bonds is 8. The van der Waals surface area contributed by atoms with E-state index >= 15 is 0 Å². The Kier molecular flexibility index (Phi) is 8.15. The fourth-order valence-electron chi connectivity index (χ4n) is 2.92. The summed E-state index contributed by atoms with van der Waals surface area (Å²) in [5.41, 5.74) is 1.36. The van der Waals surface area contributed by atoms with E-state index in [4.69, 9.17) is 14.2 Å². The van der Waals surface area contributed by atoms with Crippen molar-refractivity contribution in [2.24, 2.45) is 0 Å². The van der Waals surface area contributed by atoms with Crippen LogP contribution in [0.4, 0.5) is 9.18 Å². The molecule has 0 aliphatic carbocycles. The molecule has 3 rings (SSSR count). The topological polar surface area (TPSA) is 82.1 Å². The van der Waals surface area contributed by atoms with E-state index < -0.39 is 23.7 Å². The van der Waals surface area contributed by atoms with E-state index in [0.29, 0.717) is 21.5 Å². The molecule has 174 valence electrons. The van der Waals surface area contributed by atoms with Crippen molar-refractivity contribution in [1.29, 1.82) is 0 Å². The van der Waals surface area contributed by atoms with E-state index in [1.54, 1.807) is 38.1 Å². The van der Waals surface area contributed by atoms with E-state index in [9.17, 15) is 18.8 Å². The van der Waals surface area contributed by atoms with Gasteiger partial charge in [0.15, 0.2) is 11.5 Å². The van der Waals surface area contributed by atoms with Crippen LogP contribution in [0.1, 0.15) is 25.0 Å². The number of imide groups is 1. The lowest BCUT2D eigenvalue weighted by Gasteiger charge is -2.14. The highest BCUT2D eigenvalue weighted by atomic mass is 79.9. The Bertz CT molecular complexity index is 1100. The molecular weight excluding hydrogens is 517 g/mol. The van der Waals surface area contributed by atoms with Crippen LogP contribution in [-0.4, -0.2) is 41.8 Å². The second-order valence-electron chi connectivity index (χ2n) is 7.26. The number of amides is 2. The second-order valence-corrected chi connectivity index (χ2v) is 9.10. The maximum atomic E-state index is 13.1. The van der Waals surface area contributed by atoms with Crippen LogP contribution >= 0.6 is 27.7 Å². The molecule has 0 spiro atoms. The summed E-state index contributed by atoms with van der Waals surface area (Å²) in [6.45, 7) is 3.12. The van der Waals surface area contributed by atoms with Crippen molar-refractivity contribution in [3.8, 4) is 11.5 Å². The van der Waals surface area contributed by atoms with Gasteiger partial charge in [-0.2, -0.15) is 0 Å². The minimum atomic E-state index is -0.652. The van der Waals surface area contributed by atoms with Gasteiger partial charge in [-0.05, 0) is 83.0 Å². The van der Waals surface area contributed by atoms with Gasteiger partial charge < -0.3 is 14.2 Å². The van der Waals surface area contributed by atoms with Gasteiger partial charge >= 0.3 is 5.97 Å². The predicted molar refractivity (Wildman–Crippen MR) is 125 cm³/mol. The molecule has 0 unspecified atom stereocenters. The summed E-state index contributed by atoms with van der Waals surface area (Å²) in [6.07, 6.45) is 1.19. The molecule has 10 heteroatoms. The van der Waals surface area contributed by atoms with Crippen LogP contribution in [0.2, 0.25) is 0 Å². The molecule has 7 nitrogen and oxygen atoms in total. The smallest absolute Gasteiger partial charge is 0.326 e. The lowest BCUT2D eigenvalue weighted by molar-refractivity contribution is -0.149. The summed E-state index contributed by atoms with van der Waals surface area (Å²) in [6, 6.07) is 9.32. The lowest BCUT2D eigenvalue weighted by Crippen LogP contribution is -2.35. The highest BCUT2D eigenvalue weighted by Crippen LogP contribution is 2.39. The molecule has 0 N–H and O–H groups in total. The molecule has 2 aromatic rings. The van der Waals surface area contributed by atoms with Gasteiger partial charge in [-0.15, -0.1) is 0 Å². The maximum absolute atomic E-state index is 13.1. The van der Waals surface area contributed by atoms with Crippen LogP contribution in [-0.2, 0) is 20.9 Å². The third-order valence-corrected chi connectivity index (χ3v) is 5.87. The Labute approximate surface area is 203 Å². The lowest BCUT2D eigenvalue weighted by atomic mass is 10.1. The maximum Gasteiger partial charge on any atom is 0.326 e. The quantitative estimate of drug-likeness (QED) is 0.339. The number of carbonyl (C=O) groups excluding carboxylic acids is 3. The molecule has 1 fully saturated rings. The molecule has 2 amide bonds. The summed E-state index contributed by atoms with van der Waals surface area (Å²) >= 11 is 4.19. The van der Waals surface area contributed by atoms with E-state index in [2.05, 4.69) is 15.9 Å². The van der Waals surface area contributed by atoms with Crippen molar-refractivity contribution in [1.82, 2.24) is 4.90 Å². The van der Waals surface area contributed by atoms with Crippen molar-refractivity contribution in [2.45, 2.75) is 26.6 Å². The molecule has 2 aromatic carbocycles. The normalized spacial score (nSPS) is 14.8. The van der Waals surface area contributed by atoms with Crippen LogP contribution < -0.4 is 9.47 Å². The fraction of sp³-hybridized carbons (Fsp3) is 0.261. The number of nitrogens with zero attached hydrogens (tertiary/aromatic N) is 1. The first-order valence-corrected chi connectivity index (χ1v) is 11.5. The standard InChI is InChI=1S/C23H21BrFNO6S/c1-13(2)32-20(27)11-26-22(28)19(33-23(26)29)10-15-8-17(24)21(18(9-15)30-3)31-12-14-4-6-16(25)7-5-14/h4-10,13H,11-12H2,1-3H3/b19-10-. The number of benzene rings is 2. The molecule has 0 atom stereocenters. The minimum absolute atomic E-state index is 0.172. The van der Waals surface area contributed by atoms with Crippen molar-refractivity contribution in [3.63, 3.8) is 0 Å². The van der Waals surface area contributed by atoms with Gasteiger partial charge in [0, 0.05) is 0 Å². The zero-order valence-electron chi connectivity index (χ0n) is 18.1. The van der Waals surface area contributed by atoms with Gasteiger partial charge in [-0.3, -0.25) is 19.3 Å². The van der Waals surface area contributed by atoms with Gasteiger partial charge in [0.1, 0.15) is 19.0 Å². The first-order chi connectivity index (χ1) is 15.7. The van der Waals surface area contributed by atoms with Crippen molar-refractivity contribution in [3.05, 3.63) is 62.7 Å². The van der Waals surface area contributed by atoms with Gasteiger partial charge in [0.25, 0.3) is 11.1 Å². The van der Waals surface area contributed by atoms with Crippen molar-refractivity contribution < 1.29 is 33.0 Å². The van der Waals surface area contributed by atoms with Gasteiger partial charge in [-0.1, -0.05) is 12.1 Å². The molecule has 1 aliphatic heterocycles. The first-order valence-electron chi connectivity index (χ1n) is 9.87. The number of thioether (sulfide) groups is 1. The van der Waals surface area contributed by atoms with Gasteiger partial charge in [0.05, 0.1) is 22.6 Å². The summed E-state index contributed by atoms with van der Waals surface area (Å²) in [7, 11) is 1.48. The zero-order chi connectivity index (χ0) is 24.1. The molecular formula is C23H21BrFNO6S. The summed E-state index contributed by atoms with van der Waals surface area (Å²) in [4.78, 5) is 37.8. The molecule has 0 bridgehead atoms. The number of hydrogen-bond donors (Lipinski definition) is 0. The molecule has 1 heterocycles. The average molecular weight is 538 g/mol. The monoisotopic (exact) mass is 537 g/mol. The van der Waals surface area contributed by atoms with Crippen LogP contribution in [0, 0.1) is 5.82 Å². The Morgan fingerprint density at radius 3 is 2.55 bits per heavy atom. The minimum Gasteiger partial charge on any atom is -0.493 e. The summed E-state index contributed by atoms with van der Waals surface area (Å²) in [5.74, 6) is -0.720. The third-order valence-electron chi connectivity index (χ3n) is 4.37. The average Bonchev–Trinajstić information content (AvgIpc) is 3.00. The van der Waals surface area contributed by atoms with Crippen LogP contribution in [0.15, 0.2) is 45.8 Å². The molecule has 0 radical (unpaired) electrons. The Morgan fingerprint density at radius 2 is 1.91 bits per heavy atom. The molecule has 33 heavy (non-hydrogen) atoms. The SMILES string of the molecule is COc1cc(/C=C2\SC(=O)N(CC(=O)OC(C)C)C2=O)cc(Br)c1OCc1ccc(F)cc1. The molecule has 1 saturated heterocycles. The number of esters is 1. The van der Waals surface area contributed by atoms with Crippen molar-refractivity contribution in [2.75, 3.05) is 13.7 Å². The highest BCUT2D eigenvalue weighted by Gasteiger charge is 2.36. The van der Waals surface area contributed by atoms with E-state index in [1.165, 1.54) is 25.3 Å². The highest BCUT2D eigenvalue weighted by molar-refractivity contribution is 9.10. The Hall–Kier alpha value is -2.85. The largest absolute Gasteiger partial charge is 0.493 e. The first kappa shape index (κ1) is 24.8. The van der Waals surface area contributed by atoms with Crippen molar-refractivity contribution >= 4 is 50.9 Å². The number of hydrogen-bond acceptors (Lipinski definition) is 7. The third kappa shape index (κ3) is 6.35. The zero-order valence-corrected chi connectivity index (χ0v) is 20.5. The summed E-state index contributed by atoms with van der Waals surface area (Å²) < 4.78 is 29.9. The van der Waals surface area contributed by atoms with E-state index in [-0.39, 0.29) is 23.4 Å². The van der Waals surface area contributed by atoms with Crippen LogP contribution in [0.3, 0.4) is 0 Å². The number of halogens is 2. The second kappa shape index (κ2) is 10.8. The molecule has 0 saturated carbocycles. The number of ether oxygens (including phenoxy) is 3. The Morgan fingerprint density at radius 1 is 1.21 bits per heavy atom. The number of methoxy groups -OCH3 is 1. The molecule has 1 aliphatic rings. The van der Waals surface area contributed by atoms with Crippen LogP contribution in [0.25, 0.3) is 6.08 Å². The van der Waals surface area contributed by atoms with Crippen LogP contribution in [0.5, 0.6) is 11.5 Å². The number of carbonyl (C=O) groups is 3. The van der Waals surface area contributed by atoms with Gasteiger partial charge in [0.2, 0.25) is 0 Å². The van der Waals surface area contributed by atoms with E-state index in [0.717, 1.165) is 22.2 Å². The summed E-state index contributed by atoms with van der Waals surface area (Å²) in [5, 5.41) is -0.544. The Balaban J connectivity index is 1.77. The fourth-order valence-corrected chi connectivity index (χ4v) is 4.33. The van der Waals surface area contributed by atoms with Gasteiger partial charge in [-0.25, -0.2) is 4.39 Å². The van der Waals surface area contributed by atoms with E-state index in [1.807, 2.05) is 0 Å². The predicted octanol–water partition coefficient (Wildman–Crippen LogP) is 5.16.